The summed E-state index contributed by atoms with van der Waals surface area (Å²) in [4.78, 5) is 4.10. The van der Waals surface area contributed by atoms with Gasteiger partial charge in [-0.2, -0.15) is 5.10 Å². The number of halogens is 1. The van der Waals surface area contributed by atoms with Crippen LogP contribution in [0.4, 0.5) is 10.1 Å². The van der Waals surface area contributed by atoms with Crippen LogP contribution in [-0.2, 0) is 6.61 Å². The maximum Gasteiger partial charge on any atom is 0.167 e. The lowest BCUT2D eigenvalue weighted by atomic mass is 10.2. The number of rotatable bonds is 4. The van der Waals surface area contributed by atoms with Gasteiger partial charge in [-0.05, 0) is 32.4 Å². The minimum atomic E-state index is -0.473. The van der Waals surface area contributed by atoms with Crippen LogP contribution in [0, 0.1) is 12.7 Å². The summed E-state index contributed by atoms with van der Waals surface area (Å²) in [5.74, 6) is 0.354. The number of nitrogens with zero attached hydrogens (tertiary/aromatic N) is 3. The van der Waals surface area contributed by atoms with Gasteiger partial charge in [0.2, 0.25) is 0 Å². The molecule has 1 heterocycles. The monoisotopic (exact) mass is 264 g/mol. The van der Waals surface area contributed by atoms with Crippen LogP contribution >= 0.6 is 0 Å². The lowest BCUT2D eigenvalue weighted by Gasteiger charge is -2.12. The summed E-state index contributed by atoms with van der Waals surface area (Å²) in [7, 11) is 0. The molecule has 2 N–H and O–H groups in total. The number of anilines is 1. The Morgan fingerprint density at radius 1 is 1.42 bits per heavy atom. The van der Waals surface area contributed by atoms with Crippen molar-refractivity contribution in [1.82, 2.24) is 14.8 Å². The first kappa shape index (κ1) is 13.3. The van der Waals surface area contributed by atoms with Crippen LogP contribution in [0.25, 0.3) is 0 Å². The van der Waals surface area contributed by atoms with Crippen molar-refractivity contribution in [3.05, 3.63) is 35.7 Å². The molecule has 0 fully saturated rings. The Labute approximate surface area is 111 Å². The predicted molar refractivity (Wildman–Crippen MR) is 70.3 cm³/mol. The molecule has 0 unspecified atom stereocenters. The predicted octanol–water partition coefficient (Wildman–Crippen LogP) is 2.47. The first-order chi connectivity index (χ1) is 8.99. The van der Waals surface area contributed by atoms with Crippen LogP contribution < -0.4 is 10.5 Å². The van der Waals surface area contributed by atoms with Crippen molar-refractivity contribution in [2.45, 2.75) is 33.4 Å². The van der Waals surface area contributed by atoms with Gasteiger partial charge >= 0.3 is 0 Å². The van der Waals surface area contributed by atoms with Crippen LogP contribution in [0.5, 0.6) is 5.75 Å². The van der Waals surface area contributed by atoms with Crippen molar-refractivity contribution in [2.24, 2.45) is 0 Å². The highest BCUT2D eigenvalue weighted by molar-refractivity contribution is 5.50. The molecule has 1 aromatic carbocycles. The number of hydrogen-bond acceptors (Lipinski definition) is 4. The van der Waals surface area contributed by atoms with Crippen molar-refractivity contribution in [2.75, 3.05) is 5.73 Å². The highest BCUT2D eigenvalue weighted by Gasteiger charge is 2.11. The van der Waals surface area contributed by atoms with E-state index in [0.717, 1.165) is 5.56 Å². The summed E-state index contributed by atoms with van der Waals surface area (Å²) in [5.41, 5.74) is 6.81. The molecule has 0 aliphatic heterocycles. The van der Waals surface area contributed by atoms with Crippen molar-refractivity contribution in [3.63, 3.8) is 0 Å². The Morgan fingerprint density at radius 3 is 2.84 bits per heavy atom. The molecule has 2 aromatic rings. The van der Waals surface area contributed by atoms with Crippen LogP contribution in [-0.4, -0.2) is 14.8 Å². The summed E-state index contributed by atoms with van der Waals surface area (Å²) in [5, 5.41) is 4.09. The van der Waals surface area contributed by atoms with E-state index in [-0.39, 0.29) is 18.4 Å². The van der Waals surface area contributed by atoms with Gasteiger partial charge in [0.1, 0.15) is 12.9 Å². The Morgan fingerprint density at radius 2 is 2.16 bits per heavy atom. The zero-order valence-corrected chi connectivity index (χ0v) is 11.2. The molecule has 0 aliphatic rings. The highest BCUT2D eigenvalue weighted by Crippen LogP contribution is 2.24. The Bertz CT molecular complexity index is 580. The molecule has 5 nitrogen and oxygen atoms in total. The number of nitrogens with two attached hydrogens (primary N) is 1. The van der Waals surface area contributed by atoms with E-state index in [1.54, 1.807) is 17.7 Å². The highest BCUT2D eigenvalue weighted by atomic mass is 19.1. The van der Waals surface area contributed by atoms with Crippen molar-refractivity contribution in [1.29, 1.82) is 0 Å². The summed E-state index contributed by atoms with van der Waals surface area (Å²) in [6.45, 7) is 5.95. The molecule has 1 aromatic heterocycles. The third kappa shape index (κ3) is 2.83. The summed E-state index contributed by atoms with van der Waals surface area (Å²) < 4.78 is 20.9. The zero-order valence-electron chi connectivity index (χ0n) is 11.2. The number of benzene rings is 1. The Kier molecular flexibility index (Phi) is 3.69. The third-order valence-electron chi connectivity index (χ3n) is 2.81. The third-order valence-corrected chi connectivity index (χ3v) is 2.81. The first-order valence-electron chi connectivity index (χ1n) is 6.06. The number of hydrogen-bond donors (Lipinski definition) is 1. The number of aryl methyl sites for hydroxylation is 1. The van der Waals surface area contributed by atoms with Crippen LogP contribution in [0.3, 0.4) is 0 Å². The topological polar surface area (TPSA) is 66.0 Å². The second-order valence-electron chi connectivity index (χ2n) is 4.64. The van der Waals surface area contributed by atoms with Crippen molar-refractivity contribution in [3.8, 4) is 5.75 Å². The normalized spacial score (nSPS) is 11.0. The van der Waals surface area contributed by atoms with Gasteiger partial charge in [0.15, 0.2) is 17.4 Å². The molecule has 0 saturated heterocycles. The Hall–Kier alpha value is -2.11. The SMILES string of the molecule is Cc1cc(OCc2ncnn2C(C)C)c(F)cc1N. The van der Waals surface area contributed by atoms with Crippen molar-refractivity contribution < 1.29 is 9.13 Å². The minimum absolute atomic E-state index is 0.165. The second kappa shape index (κ2) is 5.26. The first-order valence-corrected chi connectivity index (χ1v) is 6.06. The summed E-state index contributed by atoms with van der Waals surface area (Å²) in [6.07, 6.45) is 1.46. The molecule has 0 radical (unpaired) electrons. The summed E-state index contributed by atoms with van der Waals surface area (Å²) in [6, 6.07) is 3.03. The van der Waals surface area contributed by atoms with Gasteiger partial charge in [0.25, 0.3) is 0 Å². The lowest BCUT2D eigenvalue weighted by Crippen LogP contribution is -2.11. The fourth-order valence-corrected chi connectivity index (χ4v) is 1.73. The molecule has 2 rings (SSSR count). The van der Waals surface area contributed by atoms with E-state index in [2.05, 4.69) is 10.1 Å². The van der Waals surface area contributed by atoms with Crippen LogP contribution in [0.2, 0.25) is 0 Å². The maximum atomic E-state index is 13.7. The number of nitrogen functional groups attached to an aromatic ring is 1. The van der Waals surface area contributed by atoms with Gasteiger partial charge in [-0.3, -0.25) is 0 Å². The van der Waals surface area contributed by atoms with E-state index in [1.165, 1.54) is 12.4 Å². The largest absolute Gasteiger partial charge is 0.483 e. The fourth-order valence-electron chi connectivity index (χ4n) is 1.73. The van der Waals surface area contributed by atoms with Crippen LogP contribution in [0.1, 0.15) is 31.3 Å². The smallest absolute Gasteiger partial charge is 0.167 e. The van der Waals surface area contributed by atoms with E-state index in [9.17, 15) is 4.39 Å². The van der Waals surface area contributed by atoms with Crippen LogP contribution in [0.15, 0.2) is 18.5 Å². The quantitative estimate of drug-likeness (QED) is 0.861. The Balaban J connectivity index is 2.15. The summed E-state index contributed by atoms with van der Waals surface area (Å²) >= 11 is 0. The fraction of sp³-hybridized carbons (Fsp3) is 0.385. The van der Waals surface area contributed by atoms with E-state index in [1.807, 2.05) is 13.8 Å². The number of aromatic nitrogens is 3. The molecule has 0 amide bonds. The maximum absolute atomic E-state index is 13.7. The van der Waals surface area contributed by atoms with E-state index < -0.39 is 5.82 Å². The van der Waals surface area contributed by atoms with E-state index in [0.29, 0.717) is 11.5 Å². The average Bonchev–Trinajstić information content (AvgIpc) is 2.80. The van der Waals surface area contributed by atoms with E-state index in [4.69, 9.17) is 10.5 Å². The zero-order chi connectivity index (χ0) is 14.0. The molecule has 102 valence electrons. The molecule has 0 spiro atoms. The van der Waals surface area contributed by atoms with Gasteiger partial charge in [0, 0.05) is 17.8 Å². The standard InChI is InChI=1S/C13H17FN4O/c1-8(2)18-13(16-7-17-18)6-19-12-4-9(3)11(15)5-10(12)14/h4-5,7-8H,6,15H2,1-3H3. The van der Waals surface area contributed by atoms with E-state index >= 15 is 0 Å². The van der Waals surface area contributed by atoms with Crippen molar-refractivity contribution >= 4 is 5.69 Å². The van der Waals surface area contributed by atoms with Gasteiger partial charge in [-0.1, -0.05) is 0 Å². The van der Waals surface area contributed by atoms with Gasteiger partial charge in [-0.25, -0.2) is 14.1 Å². The molecule has 19 heavy (non-hydrogen) atoms. The average molecular weight is 264 g/mol. The lowest BCUT2D eigenvalue weighted by molar-refractivity contribution is 0.269. The molecule has 0 saturated carbocycles. The van der Waals surface area contributed by atoms with Gasteiger partial charge < -0.3 is 10.5 Å². The second-order valence-corrected chi connectivity index (χ2v) is 4.64. The molecule has 0 aliphatic carbocycles. The molecule has 6 heteroatoms. The molecular weight excluding hydrogens is 247 g/mol. The van der Waals surface area contributed by atoms with Gasteiger partial charge in [0.05, 0.1) is 0 Å². The number of ether oxygens (including phenoxy) is 1. The minimum Gasteiger partial charge on any atom is -0.483 e. The van der Waals surface area contributed by atoms with Gasteiger partial charge in [-0.15, -0.1) is 0 Å². The molecule has 0 atom stereocenters. The molecular formula is C13H17FN4O. The molecule has 0 bridgehead atoms.